The van der Waals surface area contributed by atoms with Crippen LogP contribution in [-0.4, -0.2) is 77.2 Å². The van der Waals surface area contributed by atoms with Gasteiger partial charge in [-0.15, -0.1) is 0 Å². The van der Waals surface area contributed by atoms with Crippen LogP contribution in [-0.2, 0) is 28.7 Å². The van der Waals surface area contributed by atoms with Crippen LogP contribution in [0.25, 0.3) is 0 Å². The largest absolute Gasteiger partial charge is 0.455 e. The normalized spacial score (nSPS) is 32.9. The first-order valence-electron chi connectivity index (χ1n) is 14.8. The molecule has 0 unspecified atom stereocenters. The highest BCUT2D eigenvalue weighted by Crippen LogP contribution is 2.53. The zero-order chi connectivity index (χ0) is 31.0. The number of benzene rings is 2. The highest BCUT2D eigenvalue weighted by atomic mass is 35.5. The number of nitrogens with one attached hydrogen (secondary N) is 1. The Morgan fingerprint density at radius 3 is 2.50 bits per heavy atom. The van der Waals surface area contributed by atoms with E-state index in [9.17, 15) is 24.3 Å². The zero-order valence-electron chi connectivity index (χ0n) is 24.2. The Morgan fingerprint density at radius 2 is 1.77 bits per heavy atom. The monoisotopic (exact) mass is 619 g/mol. The summed E-state index contributed by atoms with van der Waals surface area (Å²) in [4.78, 5) is 58.4. The molecule has 0 aliphatic carbocycles. The first kappa shape index (κ1) is 30.1. The van der Waals surface area contributed by atoms with E-state index in [-0.39, 0.29) is 32.0 Å². The molecule has 1 spiro atoms. The van der Waals surface area contributed by atoms with Gasteiger partial charge >= 0.3 is 5.97 Å². The highest BCUT2D eigenvalue weighted by Gasteiger charge is 2.71. The van der Waals surface area contributed by atoms with Crippen LogP contribution in [0.2, 0.25) is 5.02 Å². The summed E-state index contributed by atoms with van der Waals surface area (Å²) in [5.41, 5.74) is -0.223. The first-order valence-corrected chi connectivity index (χ1v) is 15.2. The highest BCUT2D eigenvalue weighted by molar-refractivity contribution is 6.30. The van der Waals surface area contributed by atoms with E-state index in [1.54, 1.807) is 60.4 Å². The number of hydrogen-bond donors (Lipinski definition) is 2. The van der Waals surface area contributed by atoms with Crippen LogP contribution in [0, 0.1) is 11.8 Å². The number of hydrogen-bond acceptors (Lipinski definition) is 7. The quantitative estimate of drug-likeness (QED) is 0.398. The number of anilines is 1. The first-order chi connectivity index (χ1) is 21.2. The maximum atomic E-state index is 14.3. The second-order valence-electron chi connectivity index (χ2n) is 11.5. The molecule has 3 amide bonds. The predicted octanol–water partition coefficient (Wildman–Crippen LogP) is 2.96. The molecule has 4 heterocycles. The number of likely N-dealkylation sites (tertiary alicyclic amines) is 1. The maximum absolute atomic E-state index is 14.3. The summed E-state index contributed by atoms with van der Waals surface area (Å²) >= 11 is 6.09. The third-order valence-electron chi connectivity index (χ3n) is 8.82. The third-order valence-corrected chi connectivity index (χ3v) is 9.07. The van der Waals surface area contributed by atoms with E-state index >= 15 is 0 Å². The van der Waals surface area contributed by atoms with Crippen LogP contribution in [0.15, 0.2) is 78.9 Å². The fourth-order valence-corrected chi connectivity index (χ4v) is 7.03. The molecule has 10 nitrogen and oxygen atoms in total. The molecule has 0 saturated carbocycles. The summed E-state index contributed by atoms with van der Waals surface area (Å²) in [5.74, 6) is -3.90. The molecule has 7 atom stereocenters. The number of carbonyl (C=O) groups excluding carboxylic acids is 4. The molecule has 11 heteroatoms. The number of aliphatic hydroxyl groups is 1. The van der Waals surface area contributed by atoms with Crippen molar-refractivity contribution < 1.29 is 33.8 Å². The van der Waals surface area contributed by atoms with Crippen LogP contribution in [0.5, 0.6) is 0 Å². The minimum absolute atomic E-state index is 0.114. The Labute approximate surface area is 260 Å². The molecular weight excluding hydrogens is 586 g/mol. The van der Waals surface area contributed by atoms with Crippen molar-refractivity contribution >= 4 is 41.0 Å². The molecule has 6 rings (SSSR count). The lowest BCUT2D eigenvalue weighted by Gasteiger charge is -2.35. The van der Waals surface area contributed by atoms with Gasteiger partial charge in [0.15, 0.2) is 0 Å². The van der Waals surface area contributed by atoms with Crippen molar-refractivity contribution in [2.75, 3.05) is 24.6 Å². The van der Waals surface area contributed by atoms with E-state index in [1.807, 2.05) is 30.3 Å². The summed E-state index contributed by atoms with van der Waals surface area (Å²) < 4.78 is 12.8. The number of aliphatic hydroxyl groups excluding tert-OH is 1. The molecular formula is C33H34ClN3O7. The van der Waals surface area contributed by atoms with E-state index < -0.39 is 59.5 Å². The third kappa shape index (κ3) is 5.21. The molecule has 4 aliphatic heterocycles. The minimum Gasteiger partial charge on any atom is -0.455 e. The van der Waals surface area contributed by atoms with Gasteiger partial charge in [0.25, 0.3) is 5.91 Å². The van der Waals surface area contributed by atoms with Gasteiger partial charge in [-0.2, -0.15) is 0 Å². The summed E-state index contributed by atoms with van der Waals surface area (Å²) in [6.45, 7) is 1.48. The summed E-state index contributed by atoms with van der Waals surface area (Å²) in [6, 6.07) is 14.2. The summed E-state index contributed by atoms with van der Waals surface area (Å²) in [7, 11) is 0. The smallest absolute Gasteiger partial charge is 0.313 e. The molecule has 2 aromatic rings. The molecule has 230 valence electrons. The minimum atomic E-state index is -1.49. The SMILES string of the molecule is C[C@H]1NC(=O)CC/C=C\[C@H]2O[C@]34C=CCN(c5ccc(Cl)cc5)C(=O)[C@H]3N(CCO)C(=O)[C@@H]4[C@H]2C(=O)O[C@@H]1c1ccccc1. The zero-order valence-corrected chi connectivity index (χ0v) is 24.9. The average Bonchev–Trinajstić information content (AvgIpc) is 3.39. The topological polar surface area (TPSA) is 125 Å². The van der Waals surface area contributed by atoms with Crippen LogP contribution in [0.4, 0.5) is 5.69 Å². The maximum Gasteiger partial charge on any atom is 0.313 e. The lowest BCUT2D eigenvalue weighted by molar-refractivity contribution is -0.161. The molecule has 2 fully saturated rings. The Bertz CT molecular complexity index is 1500. The summed E-state index contributed by atoms with van der Waals surface area (Å²) in [6.07, 6.45) is 5.81. The number of esters is 1. The van der Waals surface area contributed by atoms with Gasteiger partial charge in [-0.1, -0.05) is 66.2 Å². The number of cyclic esters (lactones) is 1. The lowest BCUT2D eigenvalue weighted by Crippen LogP contribution is -2.55. The van der Waals surface area contributed by atoms with Gasteiger partial charge in [-0.3, -0.25) is 19.2 Å². The lowest BCUT2D eigenvalue weighted by atomic mass is 9.77. The second kappa shape index (κ2) is 12.2. The average molecular weight is 620 g/mol. The molecule has 2 saturated heterocycles. The van der Waals surface area contributed by atoms with Crippen molar-refractivity contribution in [1.82, 2.24) is 10.2 Å². The Hall–Kier alpha value is -3.99. The van der Waals surface area contributed by atoms with Crippen molar-refractivity contribution in [3.63, 3.8) is 0 Å². The van der Waals surface area contributed by atoms with Gasteiger partial charge in [0.05, 0.1) is 24.7 Å². The van der Waals surface area contributed by atoms with Gasteiger partial charge < -0.3 is 29.7 Å². The van der Waals surface area contributed by atoms with Gasteiger partial charge in [0.1, 0.15) is 23.7 Å². The van der Waals surface area contributed by atoms with Crippen LogP contribution in [0.3, 0.4) is 0 Å². The van der Waals surface area contributed by atoms with E-state index in [4.69, 9.17) is 21.1 Å². The summed E-state index contributed by atoms with van der Waals surface area (Å²) in [5, 5.41) is 13.4. The fraction of sp³-hybridized carbons (Fsp3) is 0.394. The number of fused-ring (bicyclic) bond motifs is 2. The van der Waals surface area contributed by atoms with Crippen LogP contribution >= 0.6 is 11.6 Å². The number of nitrogens with zero attached hydrogens (tertiary/aromatic N) is 2. The van der Waals surface area contributed by atoms with E-state index in [2.05, 4.69) is 5.32 Å². The number of amides is 3. The number of halogens is 1. The molecule has 2 N–H and O–H groups in total. The number of allylic oxidation sites excluding steroid dienone is 1. The van der Waals surface area contributed by atoms with Crippen LogP contribution < -0.4 is 10.2 Å². The Kier molecular flexibility index (Phi) is 8.32. The Balaban J connectivity index is 1.43. The molecule has 44 heavy (non-hydrogen) atoms. The predicted molar refractivity (Wildman–Crippen MR) is 161 cm³/mol. The fourth-order valence-electron chi connectivity index (χ4n) is 6.91. The van der Waals surface area contributed by atoms with Gasteiger partial charge in [-0.25, -0.2) is 0 Å². The van der Waals surface area contributed by atoms with Crippen molar-refractivity contribution in [1.29, 1.82) is 0 Å². The van der Waals surface area contributed by atoms with Gasteiger partial charge in [0.2, 0.25) is 11.8 Å². The number of carbonyl (C=O) groups is 4. The van der Waals surface area contributed by atoms with Crippen LogP contribution in [0.1, 0.15) is 31.4 Å². The van der Waals surface area contributed by atoms with E-state index in [0.717, 1.165) is 0 Å². The van der Waals surface area contributed by atoms with Crippen molar-refractivity contribution in [3.05, 3.63) is 89.5 Å². The molecule has 4 aliphatic rings. The van der Waals surface area contributed by atoms with Crippen molar-refractivity contribution in [3.8, 4) is 0 Å². The van der Waals surface area contributed by atoms with E-state index in [0.29, 0.717) is 22.7 Å². The molecule has 0 bridgehead atoms. The molecule has 0 aromatic heterocycles. The van der Waals surface area contributed by atoms with Gasteiger partial charge in [0, 0.05) is 30.2 Å². The van der Waals surface area contributed by atoms with E-state index in [1.165, 1.54) is 4.90 Å². The molecule has 0 radical (unpaired) electrons. The number of ether oxygens (including phenoxy) is 2. The molecule has 2 aromatic carbocycles. The van der Waals surface area contributed by atoms with Crippen molar-refractivity contribution in [2.45, 2.75) is 49.7 Å². The Morgan fingerprint density at radius 1 is 1.02 bits per heavy atom. The number of rotatable bonds is 4. The van der Waals surface area contributed by atoms with Gasteiger partial charge in [-0.05, 0) is 43.2 Å². The second-order valence-corrected chi connectivity index (χ2v) is 12.0. The number of β-amino-alcohol motifs (C(OH)–C–C–N with tert-alkyl or cyclic N) is 1. The standard InChI is InChI=1S/C33H34ClN3O7/c1-20-28(21-8-3-2-4-9-21)43-32(42)26-24(10-5-6-11-25(39)35-20)44-33-16-7-17-36(23-14-12-22(34)13-15-23)31(41)29(33)37(18-19-38)30(40)27(26)33/h2-5,7-10,12-16,20,24,26-29,38H,6,11,17-19H2,1H3,(H,35,39)/b10-5-/t20-,24-,26+,27+,28+,29-,33+/m1/s1. The van der Waals surface area contributed by atoms with Crippen molar-refractivity contribution in [2.24, 2.45) is 11.8 Å².